The smallest absolute Gasteiger partial charge is 0.274 e. The molecule has 0 bridgehead atoms. The van der Waals surface area contributed by atoms with Gasteiger partial charge in [-0.1, -0.05) is 30.3 Å². The van der Waals surface area contributed by atoms with Crippen molar-refractivity contribution in [3.63, 3.8) is 0 Å². The van der Waals surface area contributed by atoms with Crippen molar-refractivity contribution >= 4 is 17.2 Å². The number of carbonyl (C=O) groups is 1. The maximum atomic E-state index is 12.3. The van der Waals surface area contributed by atoms with Crippen LogP contribution in [0, 0.1) is 0 Å². The molecule has 0 saturated carbocycles. The fourth-order valence-corrected chi connectivity index (χ4v) is 2.67. The molecule has 0 radical (unpaired) electrons. The number of thiazole rings is 1. The molecule has 0 fully saturated rings. The van der Waals surface area contributed by atoms with Gasteiger partial charge in [0.25, 0.3) is 5.91 Å². The maximum Gasteiger partial charge on any atom is 0.274 e. The summed E-state index contributed by atoms with van der Waals surface area (Å²) in [5.41, 5.74) is 2.06. The van der Waals surface area contributed by atoms with Gasteiger partial charge in [-0.2, -0.15) is 0 Å². The molecule has 0 saturated heterocycles. The monoisotopic (exact) mass is 310 g/mol. The van der Waals surface area contributed by atoms with Gasteiger partial charge in [0.1, 0.15) is 10.7 Å². The number of benzene rings is 1. The molecule has 0 aliphatic rings. The van der Waals surface area contributed by atoms with Crippen LogP contribution in [0.5, 0.6) is 0 Å². The molecule has 0 spiro atoms. The van der Waals surface area contributed by atoms with Gasteiger partial charge in [-0.25, -0.2) is 9.97 Å². The predicted octanol–water partition coefficient (Wildman–Crippen LogP) is 2.87. The summed E-state index contributed by atoms with van der Waals surface area (Å²) in [6.07, 6.45) is 4.87. The van der Waals surface area contributed by atoms with E-state index in [1.165, 1.54) is 17.5 Å². The van der Waals surface area contributed by atoms with Crippen molar-refractivity contribution in [3.8, 4) is 11.3 Å². The summed E-state index contributed by atoms with van der Waals surface area (Å²) in [5.74, 6) is -0.165. The lowest BCUT2D eigenvalue weighted by Crippen LogP contribution is -2.27. The molecule has 2 aromatic heterocycles. The van der Waals surface area contributed by atoms with Gasteiger partial charge in [-0.05, 0) is 0 Å². The minimum absolute atomic E-state index is 0.165. The minimum Gasteiger partial charge on any atom is -0.334 e. The molecule has 3 aromatic rings. The van der Waals surface area contributed by atoms with Crippen LogP contribution in [-0.4, -0.2) is 32.8 Å². The Labute approximate surface area is 132 Å². The predicted molar refractivity (Wildman–Crippen MR) is 85.4 cm³/mol. The Morgan fingerprint density at radius 1 is 1.14 bits per heavy atom. The highest BCUT2D eigenvalue weighted by Gasteiger charge is 2.15. The quantitative estimate of drug-likeness (QED) is 0.743. The van der Waals surface area contributed by atoms with Crippen LogP contribution in [0.15, 0.2) is 54.3 Å². The minimum atomic E-state index is -0.165. The third kappa shape index (κ3) is 3.17. The number of rotatable bonds is 4. The molecule has 5 nitrogen and oxygen atoms in total. The van der Waals surface area contributed by atoms with Gasteiger partial charge in [0, 0.05) is 24.2 Å². The van der Waals surface area contributed by atoms with Crippen LogP contribution in [0.1, 0.15) is 15.5 Å². The third-order valence-electron chi connectivity index (χ3n) is 3.14. The Bertz CT molecular complexity index is 742. The Morgan fingerprint density at radius 3 is 2.59 bits per heavy atom. The Morgan fingerprint density at radius 2 is 1.95 bits per heavy atom. The third-order valence-corrected chi connectivity index (χ3v) is 3.91. The Hall–Kier alpha value is -2.60. The van der Waals surface area contributed by atoms with Gasteiger partial charge in [0.15, 0.2) is 0 Å². The van der Waals surface area contributed by atoms with Crippen molar-refractivity contribution < 1.29 is 4.79 Å². The SMILES string of the molecule is CN(Cc1nccs1)C(=O)c1cnc(-c2ccccc2)cn1. The first kappa shape index (κ1) is 14.3. The van der Waals surface area contributed by atoms with E-state index in [-0.39, 0.29) is 5.91 Å². The van der Waals surface area contributed by atoms with Crippen LogP contribution in [0.2, 0.25) is 0 Å². The Kier molecular flexibility index (Phi) is 4.20. The average molecular weight is 310 g/mol. The van der Waals surface area contributed by atoms with Gasteiger partial charge in [0.05, 0.1) is 24.6 Å². The van der Waals surface area contributed by atoms with E-state index in [1.807, 2.05) is 35.7 Å². The first-order valence-electron chi connectivity index (χ1n) is 6.75. The molecule has 0 aliphatic heterocycles. The highest BCUT2D eigenvalue weighted by molar-refractivity contribution is 7.09. The summed E-state index contributed by atoms with van der Waals surface area (Å²) in [5, 5.41) is 2.78. The fraction of sp³-hybridized carbons (Fsp3) is 0.125. The summed E-state index contributed by atoms with van der Waals surface area (Å²) in [7, 11) is 1.73. The number of carbonyl (C=O) groups excluding carboxylic acids is 1. The van der Waals surface area contributed by atoms with Gasteiger partial charge in [0.2, 0.25) is 0 Å². The van der Waals surface area contributed by atoms with Gasteiger partial charge in [-0.3, -0.25) is 9.78 Å². The van der Waals surface area contributed by atoms with E-state index in [1.54, 1.807) is 24.3 Å². The maximum absolute atomic E-state index is 12.3. The molecular formula is C16H14N4OS. The van der Waals surface area contributed by atoms with E-state index in [2.05, 4.69) is 15.0 Å². The lowest BCUT2D eigenvalue weighted by Gasteiger charge is -2.14. The van der Waals surface area contributed by atoms with E-state index in [4.69, 9.17) is 0 Å². The number of amides is 1. The van der Waals surface area contributed by atoms with Crippen LogP contribution in [0.4, 0.5) is 0 Å². The van der Waals surface area contributed by atoms with E-state index in [0.717, 1.165) is 16.3 Å². The molecule has 22 heavy (non-hydrogen) atoms. The van der Waals surface area contributed by atoms with Crippen molar-refractivity contribution in [2.75, 3.05) is 7.05 Å². The summed E-state index contributed by atoms with van der Waals surface area (Å²) < 4.78 is 0. The van der Waals surface area contributed by atoms with Crippen LogP contribution < -0.4 is 0 Å². The normalized spacial score (nSPS) is 10.4. The van der Waals surface area contributed by atoms with Crippen molar-refractivity contribution in [2.24, 2.45) is 0 Å². The number of aromatic nitrogens is 3. The molecule has 6 heteroatoms. The Balaban J connectivity index is 1.73. The van der Waals surface area contributed by atoms with Crippen molar-refractivity contribution in [1.82, 2.24) is 19.9 Å². The number of hydrogen-bond acceptors (Lipinski definition) is 5. The zero-order valence-electron chi connectivity index (χ0n) is 12.0. The highest BCUT2D eigenvalue weighted by Crippen LogP contribution is 2.15. The van der Waals surface area contributed by atoms with Gasteiger partial charge in [-0.15, -0.1) is 11.3 Å². The molecule has 0 unspecified atom stereocenters. The van der Waals surface area contributed by atoms with E-state index in [9.17, 15) is 4.79 Å². The van der Waals surface area contributed by atoms with Crippen molar-refractivity contribution in [2.45, 2.75) is 6.54 Å². The first-order chi connectivity index (χ1) is 10.7. The van der Waals surface area contributed by atoms with E-state index >= 15 is 0 Å². The lowest BCUT2D eigenvalue weighted by molar-refractivity contribution is 0.0778. The molecule has 1 amide bonds. The topological polar surface area (TPSA) is 59.0 Å². The molecule has 0 atom stereocenters. The second kappa shape index (κ2) is 6.44. The van der Waals surface area contributed by atoms with E-state index < -0.39 is 0 Å². The van der Waals surface area contributed by atoms with Gasteiger partial charge >= 0.3 is 0 Å². The van der Waals surface area contributed by atoms with Crippen molar-refractivity contribution in [1.29, 1.82) is 0 Å². The summed E-state index contributed by atoms with van der Waals surface area (Å²) in [6, 6.07) is 9.75. The highest BCUT2D eigenvalue weighted by atomic mass is 32.1. The molecule has 3 rings (SSSR count). The van der Waals surface area contributed by atoms with Crippen LogP contribution in [-0.2, 0) is 6.54 Å². The lowest BCUT2D eigenvalue weighted by atomic mass is 10.2. The largest absolute Gasteiger partial charge is 0.334 e. The van der Waals surface area contributed by atoms with E-state index in [0.29, 0.717) is 12.2 Å². The van der Waals surface area contributed by atoms with Gasteiger partial charge < -0.3 is 4.90 Å². The molecule has 110 valence electrons. The summed E-state index contributed by atoms with van der Waals surface area (Å²) in [4.78, 5) is 26.6. The molecule has 2 heterocycles. The summed E-state index contributed by atoms with van der Waals surface area (Å²) in [6.45, 7) is 0.471. The molecule has 0 aliphatic carbocycles. The number of nitrogens with zero attached hydrogens (tertiary/aromatic N) is 4. The molecule has 1 aromatic carbocycles. The standard InChI is InChI=1S/C16H14N4OS/c1-20(11-15-17-7-8-22-15)16(21)14-10-18-13(9-19-14)12-5-3-2-4-6-12/h2-10H,11H2,1H3. The molecule has 0 N–H and O–H groups in total. The second-order valence-electron chi connectivity index (χ2n) is 4.74. The average Bonchev–Trinajstić information content (AvgIpc) is 3.08. The van der Waals surface area contributed by atoms with Crippen molar-refractivity contribution in [3.05, 3.63) is 65.0 Å². The van der Waals surface area contributed by atoms with Crippen LogP contribution in [0.25, 0.3) is 11.3 Å². The fourth-order valence-electron chi connectivity index (χ4n) is 2.00. The van der Waals surface area contributed by atoms with Crippen LogP contribution in [0.3, 0.4) is 0 Å². The summed E-state index contributed by atoms with van der Waals surface area (Å²) >= 11 is 1.52. The van der Waals surface area contributed by atoms with Crippen LogP contribution >= 0.6 is 11.3 Å². The first-order valence-corrected chi connectivity index (χ1v) is 7.63. The second-order valence-corrected chi connectivity index (χ2v) is 5.72. The zero-order valence-corrected chi connectivity index (χ0v) is 12.8. The number of hydrogen-bond donors (Lipinski definition) is 0. The zero-order chi connectivity index (χ0) is 15.4. The molecular weight excluding hydrogens is 296 g/mol.